The van der Waals surface area contributed by atoms with Crippen molar-refractivity contribution in [2.75, 3.05) is 17.3 Å². The Kier molecular flexibility index (Phi) is 4.69. The largest absolute Gasteiger partial charge is 0.508 e. The second kappa shape index (κ2) is 6.91. The van der Waals surface area contributed by atoms with Crippen molar-refractivity contribution in [1.29, 1.82) is 0 Å². The number of pyridine rings is 1. The quantitative estimate of drug-likeness (QED) is 0.841. The van der Waals surface area contributed by atoms with Crippen LogP contribution >= 0.6 is 0 Å². The molecule has 126 valence electrons. The van der Waals surface area contributed by atoms with Crippen LogP contribution in [0.25, 0.3) is 0 Å². The van der Waals surface area contributed by atoms with E-state index in [9.17, 15) is 9.90 Å². The van der Waals surface area contributed by atoms with Gasteiger partial charge in [-0.25, -0.2) is 4.98 Å². The van der Waals surface area contributed by atoms with Gasteiger partial charge < -0.3 is 15.3 Å². The summed E-state index contributed by atoms with van der Waals surface area (Å²) in [5.74, 6) is 0.846. The van der Waals surface area contributed by atoms with Crippen LogP contribution in [0.5, 0.6) is 5.75 Å². The van der Waals surface area contributed by atoms with Crippen molar-refractivity contribution in [2.45, 2.75) is 38.6 Å². The van der Waals surface area contributed by atoms with Gasteiger partial charge in [0.25, 0.3) is 5.91 Å². The number of rotatable bonds is 4. The molecule has 1 aromatic carbocycles. The maximum absolute atomic E-state index is 12.5. The van der Waals surface area contributed by atoms with E-state index in [1.54, 1.807) is 30.5 Å². The molecule has 2 N–H and O–H groups in total. The molecule has 0 saturated heterocycles. The minimum Gasteiger partial charge on any atom is -0.508 e. The molecule has 24 heavy (non-hydrogen) atoms. The van der Waals surface area contributed by atoms with Crippen LogP contribution in [0, 0.1) is 6.92 Å². The molecule has 1 amide bonds. The second-order valence-corrected chi connectivity index (χ2v) is 6.41. The highest BCUT2D eigenvalue weighted by molar-refractivity contribution is 6.05. The van der Waals surface area contributed by atoms with Crippen LogP contribution in [0.3, 0.4) is 0 Å². The smallest absolute Gasteiger partial charge is 0.255 e. The fourth-order valence-corrected chi connectivity index (χ4v) is 3.21. The van der Waals surface area contributed by atoms with E-state index in [0.717, 1.165) is 11.4 Å². The Labute approximate surface area is 142 Å². The molecule has 0 atom stereocenters. The number of hydrogen-bond donors (Lipinski definition) is 2. The van der Waals surface area contributed by atoms with Crippen LogP contribution in [0.4, 0.5) is 11.5 Å². The molecule has 0 aliphatic heterocycles. The summed E-state index contributed by atoms with van der Waals surface area (Å²) in [7, 11) is 2.05. The van der Waals surface area contributed by atoms with E-state index in [0.29, 0.717) is 17.3 Å². The Balaban J connectivity index is 1.76. The molecule has 5 heteroatoms. The number of carbonyl (C=O) groups is 1. The van der Waals surface area contributed by atoms with E-state index < -0.39 is 0 Å². The van der Waals surface area contributed by atoms with Crippen molar-refractivity contribution < 1.29 is 9.90 Å². The molecule has 1 heterocycles. The van der Waals surface area contributed by atoms with Crippen molar-refractivity contribution in [3.63, 3.8) is 0 Å². The van der Waals surface area contributed by atoms with Crippen LogP contribution in [0.1, 0.15) is 41.6 Å². The number of aryl methyl sites for hydroxylation is 1. The number of aromatic nitrogens is 1. The molecule has 5 nitrogen and oxygen atoms in total. The maximum atomic E-state index is 12.5. The average molecular weight is 325 g/mol. The molecule has 0 bridgehead atoms. The molecule has 1 saturated carbocycles. The van der Waals surface area contributed by atoms with Gasteiger partial charge in [-0.3, -0.25) is 4.79 Å². The van der Waals surface area contributed by atoms with Gasteiger partial charge in [-0.15, -0.1) is 0 Å². The lowest BCUT2D eigenvalue weighted by molar-refractivity contribution is 0.102. The predicted octanol–water partition coefficient (Wildman–Crippen LogP) is 3.73. The standard InChI is InChI=1S/C19H23N3O2/c1-13-11-16(23)7-8-17(13)21-19(24)14-9-10-20-18(12-14)22(2)15-5-3-4-6-15/h7-12,15,23H,3-6H2,1-2H3,(H,21,24). The van der Waals surface area contributed by atoms with E-state index in [2.05, 4.69) is 15.2 Å². The number of hydrogen-bond acceptors (Lipinski definition) is 4. The average Bonchev–Trinajstić information content (AvgIpc) is 3.11. The highest BCUT2D eigenvalue weighted by Crippen LogP contribution is 2.26. The fourth-order valence-electron chi connectivity index (χ4n) is 3.21. The van der Waals surface area contributed by atoms with Crippen LogP contribution in [0.2, 0.25) is 0 Å². The topological polar surface area (TPSA) is 65.5 Å². The molecule has 1 aliphatic carbocycles. The third kappa shape index (κ3) is 3.50. The van der Waals surface area contributed by atoms with Gasteiger partial charge in [0.2, 0.25) is 0 Å². The third-order valence-electron chi connectivity index (χ3n) is 4.70. The first-order valence-electron chi connectivity index (χ1n) is 8.34. The first-order valence-corrected chi connectivity index (χ1v) is 8.34. The minimum atomic E-state index is -0.174. The molecule has 2 aromatic rings. The third-order valence-corrected chi connectivity index (χ3v) is 4.70. The van der Waals surface area contributed by atoms with E-state index in [-0.39, 0.29) is 11.7 Å². The first-order chi connectivity index (χ1) is 11.5. The number of aromatic hydroxyl groups is 1. The normalized spacial score (nSPS) is 14.6. The number of anilines is 2. The Morgan fingerprint density at radius 2 is 2.00 bits per heavy atom. The second-order valence-electron chi connectivity index (χ2n) is 6.41. The van der Waals surface area contributed by atoms with Gasteiger partial charge in [0.05, 0.1) is 0 Å². The number of phenolic OH excluding ortho intramolecular Hbond substituents is 1. The molecule has 0 spiro atoms. The lowest BCUT2D eigenvalue weighted by Gasteiger charge is -2.25. The minimum absolute atomic E-state index is 0.174. The Morgan fingerprint density at radius 3 is 2.71 bits per heavy atom. The van der Waals surface area contributed by atoms with E-state index in [1.165, 1.54) is 25.7 Å². The predicted molar refractivity (Wildman–Crippen MR) is 95.7 cm³/mol. The summed E-state index contributed by atoms with van der Waals surface area (Å²) in [4.78, 5) is 19.1. The SMILES string of the molecule is Cc1cc(O)ccc1NC(=O)c1ccnc(N(C)C2CCCC2)c1. The molecular formula is C19H23N3O2. The van der Waals surface area contributed by atoms with Gasteiger partial charge >= 0.3 is 0 Å². The summed E-state index contributed by atoms with van der Waals surface area (Å²) in [6, 6.07) is 8.96. The molecular weight excluding hydrogens is 302 g/mol. The molecule has 1 fully saturated rings. The lowest BCUT2D eigenvalue weighted by atomic mass is 10.1. The van der Waals surface area contributed by atoms with Gasteiger partial charge in [0, 0.05) is 30.5 Å². The monoisotopic (exact) mass is 325 g/mol. The van der Waals surface area contributed by atoms with Crippen LogP contribution < -0.4 is 10.2 Å². The highest BCUT2D eigenvalue weighted by Gasteiger charge is 2.21. The Bertz CT molecular complexity index is 739. The van der Waals surface area contributed by atoms with Crippen molar-refractivity contribution in [1.82, 2.24) is 4.98 Å². The van der Waals surface area contributed by atoms with Crippen molar-refractivity contribution in [2.24, 2.45) is 0 Å². The Morgan fingerprint density at radius 1 is 1.25 bits per heavy atom. The fraction of sp³-hybridized carbons (Fsp3) is 0.368. The summed E-state index contributed by atoms with van der Waals surface area (Å²) >= 11 is 0. The van der Waals surface area contributed by atoms with E-state index in [4.69, 9.17) is 0 Å². The summed E-state index contributed by atoms with van der Waals surface area (Å²) in [5.41, 5.74) is 2.10. The van der Waals surface area contributed by atoms with Gasteiger partial charge in [0.15, 0.2) is 0 Å². The number of amides is 1. The zero-order chi connectivity index (χ0) is 17.1. The molecule has 3 rings (SSSR count). The van der Waals surface area contributed by atoms with Crippen molar-refractivity contribution >= 4 is 17.4 Å². The summed E-state index contributed by atoms with van der Waals surface area (Å²) in [6.07, 6.45) is 6.56. The van der Waals surface area contributed by atoms with E-state index in [1.807, 2.05) is 20.0 Å². The van der Waals surface area contributed by atoms with Gasteiger partial charge in [-0.1, -0.05) is 12.8 Å². The van der Waals surface area contributed by atoms with Crippen molar-refractivity contribution in [3.05, 3.63) is 47.7 Å². The number of nitrogens with zero attached hydrogens (tertiary/aromatic N) is 2. The van der Waals surface area contributed by atoms with Gasteiger partial charge in [0.1, 0.15) is 11.6 Å². The van der Waals surface area contributed by atoms with Gasteiger partial charge in [-0.05, 0) is 55.7 Å². The number of nitrogens with one attached hydrogen (secondary N) is 1. The summed E-state index contributed by atoms with van der Waals surface area (Å²) in [6.45, 7) is 1.85. The van der Waals surface area contributed by atoms with Crippen LogP contribution in [-0.2, 0) is 0 Å². The summed E-state index contributed by atoms with van der Waals surface area (Å²) in [5, 5.41) is 12.4. The van der Waals surface area contributed by atoms with Crippen molar-refractivity contribution in [3.8, 4) is 5.75 Å². The number of benzene rings is 1. The summed E-state index contributed by atoms with van der Waals surface area (Å²) < 4.78 is 0. The molecule has 1 aliphatic rings. The van der Waals surface area contributed by atoms with Gasteiger partial charge in [-0.2, -0.15) is 0 Å². The van der Waals surface area contributed by atoms with Crippen LogP contribution in [-0.4, -0.2) is 29.1 Å². The first kappa shape index (κ1) is 16.3. The van der Waals surface area contributed by atoms with Crippen LogP contribution in [0.15, 0.2) is 36.5 Å². The zero-order valence-corrected chi connectivity index (χ0v) is 14.1. The zero-order valence-electron chi connectivity index (χ0n) is 14.1. The number of phenols is 1. The molecule has 0 radical (unpaired) electrons. The maximum Gasteiger partial charge on any atom is 0.255 e. The molecule has 1 aromatic heterocycles. The highest BCUT2D eigenvalue weighted by atomic mass is 16.3. The lowest BCUT2D eigenvalue weighted by Crippen LogP contribution is -2.29. The Hall–Kier alpha value is -2.56. The number of carbonyl (C=O) groups excluding carboxylic acids is 1. The molecule has 0 unspecified atom stereocenters. The van der Waals surface area contributed by atoms with E-state index >= 15 is 0 Å².